The Bertz CT molecular complexity index is 386. The normalized spacial score (nSPS) is 25.6. The Hall–Kier alpha value is -1.06. The fraction of sp³-hybridized carbons (Fsp3) is 0.600. The van der Waals surface area contributed by atoms with Gasteiger partial charge in [0.15, 0.2) is 0 Å². The molecule has 1 fully saturated rings. The first-order chi connectivity index (χ1) is 8.54. The molecule has 0 radical (unpaired) electrons. The van der Waals surface area contributed by atoms with Crippen LogP contribution in [0.25, 0.3) is 0 Å². The smallest absolute Gasteiger partial charge is 0.119 e. The van der Waals surface area contributed by atoms with Gasteiger partial charge in [0.25, 0.3) is 0 Å². The fourth-order valence-electron chi connectivity index (χ4n) is 2.36. The molecule has 2 unspecified atom stereocenters. The molecule has 2 N–H and O–H groups in total. The lowest BCUT2D eigenvalue weighted by Crippen LogP contribution is -2.59. The highest BCUT2D eigenvalue weighted by Gasteiger charge is 2.46. The predicted molar refractivity (Wildman–Crippen MR) is 72.6 cm³/mol. The van der Waals surface area contributed by atoms with Gasteiger partial charge in [0.05, 0.1) is 12.7 Å². The number of aliphatic hydroxyl groups is 1. The second-order valence-electron chi connectivity index (χ2n) is 5.58. The van der Waals surface area contributed by atoms with Gasteiger partial charge in [-0.15, -0.1) is 0 Å². The molecule has 2 atom stereocenters. The zero-order valence-electron chi connectivity index (χ0n) is 11.4. The molecule has 1 saturated carbocycles. The number of benzene rings is 1. The average Bonchev–Trinajstić information content (AvgIpc) is 2.36. The number of rotatable bonds is 5. The predicted octanol–water partition coefficient (Wildman–Crippen LogP) is 2.33. The third kappa shape index (κ3) is 2.68. The van der Waals surface area contributed by atoms with Crippen LogP contribution in [0.2, 0.25) is 0 Å². The Balaban J connectivity index is 1.84. The average molecular weight is 249 g/mol. The molecule has 2 rings (SSSR count). The number of hydrogen-bond donors (Lipinski definition) is 2. The van der Waals surface area contributed by atoms with Crippen molar-refractivity contribution in [3.63, 3.8) is 0 Å². The molecule has 0 aliphatic heterocycles. The van der Waals surface area contributed by atoms with Crippen LogP contribution in [0.3, 0.4) is 0 Å². The van der Waals surface area contributed by atoms with Crippen molar-refractivity contribution in [2.24, 2.45) is 5.41 Å². The largest absolute Gasteiger partial charge is 0.494 e. The summed E-state index contributed by atoms with van der Waals surface area (Å²) in [6.45, 7) is 7.74. The minimum absolute atomic E-state index is 0.00867. The zero-order chi connectivity index (χ0) is 13.2. The molecule has 100 valence electrons. The van der Waals surface area contributed by atoms with Crippen molar-refractivity contribution >= 4 is 0 Å². The Morgan fingerprint density at radius 2 is 2.00 bits per heavy atom. The Morgan fingerprint density at radius 3 is 2.50 bits per heavy atom. The molecular weight excluding hydrogens is 226 g/mol. The molecule has 18 heavy (non-hydrogen) atoms. The first kappa shape index (κ1) is 13.4. The summed E-state index contributed by atoms with van der Waals surface area (Å²) in [6.07, 6.45) is 0.680. The van der Waals surface area contributed by atoms with Gasteiger partial charge in [-0.2, -0.15) is 0 Å². The van der Waals surface area contributed by atoms with Crippen LogP contribution in [0, 0.1) is 5.41 Å². The van der Waals surface area contributed by atoms with Crippen LogP contribution in [0.4, 0.5) is 0 Å². The lowest BCUT2D eigenvalue weighted by atomic mass is 9.64. The third-order valence-corrected chi connectivity index (χ3v) is 4.00. The lowest BCUT2D eigenvalue weighted by Gasteiger charge is -2.49. The van der Waals surface area contributed by atoms with Crippen molar-refractivity contribution in [3.05, 3.63) is 29.8 Å². The van der Waals surface area contributed by atoms with Crippen LogP contribution < -0.4 is 10.1 Å². The summed E-state index contributed by atoms with van der Waals surface area (Å²) in [5, 5.41) is 13.2. The molecule has 1 aromatic rings. The Kier molecular flexibility index (Phi) is 3.93. The van der Waals surface area contributed by atoms with Gasteiger partial charge in [-0.3, -0.25) is 0 Å². The highest BCUT2D eigenvalue weighted by atomic mass is 16.5. The second kappa shape index (κ2) is 5.29. The highest BCUT2D eigenvalue weighted by Crippen LogP contribution is 2.40. The summed E-state index contributed by atoms with van der Waals surface area (Å²) in [7, 11) is 0. The Morgan fingerprint density at radius 1 is 1.33 bits per heavy atom. The number of aliphatic hydroxyl groups excluding tert-OH is 1. The maximum Gasteiger partial charge on any atom is 0.119 e. The van der Waals surface area contributed by atoms with Crippen molar-refractivity contribution in [1.82, 2.24) is 5.32 Å². The van der Waals surface area contributed by atoms with Crippen LogP contribution >= 0.6 is 0 Å². The molecule has 0 bridgehead atoms. The molecule has 0 heterocycles. The van der Waals surface area contributed by atoms with Gasteiger partial charge in [-0.25, -0.2) is 0 Å². The SMILES string of the molecule is CCOc1ccc(CNC2CC(O)C2(C)C)cc1. The topological polar surface area (TPSA) is 41.5 Å². The van der Waals surface area contributed by atoms with Crippen LogP contribution in [0.5, 0.6) is 5.75 Å². The van der Waals surface area contributed by atoms with Crippen molar-refractivity contribution in [1.29, 1.82) is 0 Å². The molecule has 1 aromatic carbocycles. The quantitative estimate of drug-likeness (QED) is 0.841. The van der Waals surface area contributed by atoms with E-state index in [1.165, 1.54) is 5.56 Å². The van der Waals surface area contributed by atoms with E-state index in [1.807, 2.05) is 19.1 Å². The van der Waals surface area contributed by atoms with Crippen LogP contribution in [-0.4, -0.2) is 23.9 Å². The molecule has 0 aromatic heterocycles. The van der Waals surface area contributed by atoms with E-state index in [2.05, 4.69) is 31.3 Å². The van der Waals surface area contributed by atoms with Crippen molar-refractivity contribution in [3.8, 4) is 5.75 Å². The molecule has 0 amide bonds. The molecule has 3 nitrogen and oxygen atoms in total. The van der Waals surface area contributed by atoms with Gasteiger partial charge in [-0.05, 0) is 31.0 Å². The van der Waals surface area contributed by atoms with Crippen molar-refractivity contribution in [2.75, 3.05) is 6.61 Å². The van der Waals surface area contributed by atoms with E-state index in [0.29, 0.717) is 12.6 Å². The van der Waals surface area contributed by atoms with Crippen molar-refractivity contribution in [2.45, 2.75) is 45.9 Å². The van der Waals surface area contributed by atoms with Gasteiger partial charge in [0, 0.05) is 18.0 Å². The molecule has 1 aliphatic carbocycles. The summed E-state index contributed by atoms with van der Waals surface area (Å²) in [6, 6.07) is 8.57. The minimum Gasteiger partial charge on any atom is -0.494 e. The Labute approximate surface area is 109 Å². The molecular formula is C15H23NO2. The number of nitrogens with one attached hydrogen (secondary N) is 1. The molecule has 1 aliphatic rings. The highest BCUT2D eigenvalue weighted by molar-refractivity contribution is 5.27. The zero-order valence-corrected chi connectivity index (χ0v) is 11.4. The number of hydrogen-bond acceptors (Lipinski definition) is 3. The maximum absolute atomic E-state index is 9.68. The van der Waals surface area contributed by atoms with Crippen LogP contribution in [-0.2, 0) is 6.54 Å². The van der Waals surface area contributed by atoms with E-state index in [-0.39, 0.29) is 11.5 Å². The van der Waals surface area contributed by atoms with Crippen LogP contribution in [0.15, 0.2) is 24.3 Å². The minimum atomic E-state index is -0.171. The molecule has 0 saturated heterocycles. The summed E-state index contributed by atoms with van der Waals surface area (Å²) in [4.78, 5) is 0. The van der Waals surface area contributed by atoms with Crippen molar-refractivity contribution < 1.29 is 9.84 Å². The van der Waals surface area contributed by atoms with Gasteiger partial charge in [-0.1, -0.05) is 26.0 Å². The van der Waals surface area contributed by atoms with E-state index < -0.39 is 0 Å². The van der Waals surface area contributed by atoms with Gasteiger partial charge in [0.1, 0.15) is 5.75 Å². The van der Waals surface area contributed by atoms with Gasteiger partial charge >= 0.3 is 0 Å². The van der Waals surface area contributed by atoms with Gasteiger partial charge < -0.3 is 15.2 Å². The molecule has 3 heteroatoms. The first-order valence-corrected chi connectivity index (χ1v) is 6.67. The van der Waals surface area contributed by atoms with E-state index in [1.54, 1.807) is 0 Å². The summed E-state index contributed by atoms with van der Waals surface area (Å²) in [5.41, 5.74) is 1.24. The fourth-order valence-corrected chi connectivity index (χ4v) is 2.36. The summed E-state index contributed by atoms with van der Waals surface area (Å²) < 4.78 is 5.41. The van der Waals surface area contributed by atoms with E-state index >= 15 is 0 Å². The second-order valence-corrected chi connectivity index (χ2v) is 5.58. The van der Waals surface area contributed by atoms with Crippen LogP contribution in [0.1, 0.15) is 32.8 Å². The lowest BCUT2D eigenvalue weighted by molar-refractivity contribution is -0.0729. The standard InChI is InChI=1S/C15H23NO2/c1-4-18-12-7-5-11(6-8-12)10-16-13-9-14(17)15(13,2)3/h5-8,13-14,16-17H,4,9-10H2,1-3H3. The number of ether oxygens (including phenoxy) is 1. The van der Waals surface area contributed by atoms with E-state index in [0.717, 1.165) is 18.7 Å². The van der Waals surface area contributed by atoms with E-state index in [9.17, 15) is 5.11 Å². The molecule has 0 spiro atoms. The van der Waals surface area contributed by atoms with E-state index in [4.69, 9.17) is 4.74 Å². The first-order valence-electron chi connectivity index (χ1n) is 6.67. The maximum atomic E-state index is 9.68. The summed E-state index contributed by atoms with van der Waals surface area (Å²) >= 11 is 0. The monoisotopic (exact) mass is 249 g/mol. The third-order valence-electron chi connectivity index (χ3n) is 4.00. The summed E-state index contributed by atoms with van der Waals surface area (Å²) in [5.74, 6) is 0.917. The van der Waals surface area contributed by atoms with Gasteiger partial charge in [0.2, 0.25) is 0 Å².